The largest absolute Gasteiger partial charge is 0.355 e. The number of para-hydroxylation sites is 1. The van der Waals surface area contributed by atoms with Crippen molar-refractivity contribution in [3.8, 4) is 5.69 Å². The molecule has 1 aromatic heterocycles. The average Bonchev–Trinajstić information content (AvgIpc) is 3.37. The van der Waals surface area contributed by atoms with Crippen LogP contribution in [0.4, 0.5) is 0 Å². The minimum absolute atomic E-state index is 0.0392. The van der Waals surface area contributed by atoms with E-state index < -0.39 is 0 Å². The Morgan fingerprint density at radius 1 is 1.10 bits per heavy atom. The van der Waals surface area contributed by atoms with Crippen molar-refractivity contribution in [1.29, 1.82) is 0 Å². The van der Waals surface area contributed by atoms with Crippen LogP contribution in [-0.2, 0) is 22.6 Å². The molecule has 0 saturated carbocycles. The van der Waals surface area contributed by atoms with Crippen LogP contribution in [0.3, 0.4) is 0 Å². The Hall–Kier alpha value is -3.41. The van der Waals surface area contributed by atoms with Crippen molar-refractivity contribution in [2.24, 2.45) is 5.92 Å². The van der Waals surface area contributed by atoms with Gasteiger partial charge in [-0.15, -0.1) is 0 Å². The van der Waals surface area contributed by atoms with Gasteiger partial charge in [-0.2, -0.15) is 5.10 Å². The molecule has 2 heterocycles. The van der Waals surface area contributed by atoms with Gasteiger partial charge in [0.2, 0.25) is 11.8 Å². The van der Waals surface area contributed by atoms with Gasteiger partial charge in [0.05, 0.1) is 17.3 Å². The van der Waals surface area contributed by atoms with Crippen LogP contribution in [0.1, 0.15) is 23.2 Å². The van der Waals surface area contributed by atoms with E-state index in [0.717, 1.165) is 16.9 Å². The highest BCUT2D eigenvalue weighted by atomic mass is 16.2. The molecule has 6 nitrogen and oxygen atoms in total. The first-order valence-electron chi connectivity index (χ1n) is 10.3. The van der Waals surface area contributed by atoms with Gasteiger partial charge in [-0.05, 0) is 30.7 Å². The van der Waals surface area contributed by atoms with Gasteiger partial charge in [0.15, 0.2) is 0 Å². The van der Waals surface area contributed by atoms with Crippen molar-refractivity contribution in [1.82, 2.24) is 20.0 Å². The summed E-state index contributed by atoms with van der Waals surface area (Å²) >= 11 is 0. The number of aromatic nitrogens is 2. The molecule has 1 aliphatic rings. The highest BCUT2D eigenvalue weighted by molar-refractivity contribution is 5.89. The van der Waals surface area contributed by atoms with Gasteiger partial charge in [0, 0.05) is 38.7 Å². The fourth-order valence-electron chi connectivity index (χ4n) is 3.69. The van der Waals surface area contributed by atoms with Gasteiger partial charge in [0.25, 0.3) is 0 Å². The summed E-state index contributed by atoms with van der Waals surface area (Å²) in [5.74, 6) is -0.306. The number of likely N-dealkylation sites (tertiary alicyclic amines) is 1. The maximum Gasteiger partial charge on any atom is 0.225 e. The van der Waals surface area contributed by atoms with Crippen LogP contribution >= 0.6 is 0 Å². The zero-order chi connectivity index (χ0) is 20.9. The predicted octanol–water partition coefficient (Wildman–Crippen LogP) is 2.89. The Labute approximate surface area is 176 Å². The Morgan fingerprint density at radius 3 is 2.63 bits per heavy atom. The van der Waals surface area contributed by atoms with Gasteiger partial charge in [-0.1, -0.05) is 48.0 Å². The van der Waals surface area contributed by atoms with E-state index in [4.69, 9.17) is 0 Å². The molecule has 0 spiro atoms. The molecule has 0 bridgehead atoms. The first-order valence-corrected chi connectivity index (χ1v) is 10.3. The molecular weight excluding hydrogens is 376 g/mol. The molecule has 1 aliphatic heterocycles. The van der Waals surface area contributed by atoms with Crippen molar-refractivity contribution in [3.63, 3.8) is 0 Å². The standard InChI is InChI=1S/C24H26N4O2/c1-18-7-9-19(10-8-18)16-27-17-20(15-23(27)29)24(30)25-13-11-21-12-14-28(26-21)22-5-3-2-4-6-22/h2-10,12,14,20H,11,13,15-17H2,1H3,(H,25,30). The van der Waals surface area contributed by atoms with E-state index in [1.165, 1.54) is 5.56 Å². The number of nitrogens with zero attached hydrogens (tertiary/aromatic N) is 3. The van der Waals surface area contributed by atoms with E-state index in [9.17, 15) is 9.59 Å². The minimum Gasteiger partial charge on any atom is -0.355 e. The summed E-state index contributed by atoms with van der Waals surface area (Å²) in [6, 6.07) is 20.0. The van der Waals surface area contributed by atoms with Crippen LogP contribution in [0.5, 0.6) is 0 Å². The summed E-state index contributed by atoms with van der Waals surface area (Å²) < 4.78 is 1.83. The Morgan fingerprint density at radius 2 is 1.87 bits per heavy atom. The molecule has 30 heavy (non-hydrogen) atoms. The van der Waals surface area contributed by atoms with Crippen LogP contribution in [0.15, 0.2) is 66.9 Å². The maximum absolute atomic E-state index is 12.5. The van der Waals surface area contributed by atoms with Crippen molar-refractivity contribution in [2.45, 2.75) is 26.3 Å². The molecule has 2 aromatic carbocycles. The van der Waals surface area contributed by atoms with Crippen molar-refractivity contribution in [2.75, 3.05) is 13.1 Å². The Bertz CT molecular complexity index is 1010. The van der Waals surface area contributed by atoms with Crippen molar-refractivity contribution in [3.05, 3.63) is 83.7 Å². The zero-order valence-corrected chi connectivity index (χ0v) is 17.1. The molecule has 1 atom stereocenters. The number of carbonyl (C=O) groups excluding carboxylic acids is 2. The van der Waals surface area contributed by atoms with E-state index in [1.807, 2.05) is 78.5 Å². The summed E-state index contributed by atoms with van der Waals surface area (Å²) in [6.07, 6.45) is 2.85. The molecule has 6 heteroatoms. The van der Waals surface area contributed by atoms with E-state index in [1.54, 1.807) is 4.90 Å². The summed E-state index contributed by atoms with van der Waals surface area (Å²) in [6.45, 7) is 3.57. The maximum atomic E-state index is 12.5. The normalized spacial score (nSPS) is 16.1. The highest BCUT2D eigenvalue weighted by Crippen LogP contribution is 2.20. The van der Waals surface area contributed by atoms with Gasteiger partial charge < -0.3 is 10.2 Å². The van der Waals surface area contributed by atoms with Crippen LogP contribution in [0, 0.1) is 12.8 Å². The van der Waals surface area contributed by atoms with Crippen LogP contribution in [-0.4, -0.2) is 39.6 Å². The fraction of sp³-hybridized carbons (Fsp3) is 0.292. The summed E-state index contributed by atoms with van der Waals surface area (Å²) in [7, 11) is 0. The molecule has 0 radical (unpaired) electrons. The number of hydrogen-bond acceptors (Lipinski definition) is 3. The minimum atomic E-state index is -0.287. The lowest BCUT2D eigenvalue weighted by atomic mass is 10.1. The first kappa shape index (κ1) is 19.9. The first-order chi connectivity index (χ1) is 14.6. The topological polar surface area (TPSA) is 67.2 Å². The lowest BCUT2D eigenvalue weighted by Crippen LogP contribution is -2.34. The molecule has 1 saturated heterocycles. The van der Waals surface area contributed by atoms with Gasteiger partial charge in [-0.25, -0.2) is 4.68 Å². The average molecular weight is 402 g/mol. The summed E-state index contributed by atoms with van der Waals surface area (Å²) in [4.78, 5) is 26.6. The summed E-state index contributed by atoms with van der Waals surface area (Å²) in [5, 5.41) is 7.52. The third kappa shape index (κ3) is 4.76. The molecule has 1 N–H and O–H groups in total. The number of carbonyl (C=O) groups is 2. The molecule has 3 aromatic rings. The number of aryl methyl sites for hydroxylation is 1. The number of rotatable bonds is 7. The second-order valence-electron chi connectivity index (χ2n) is 7.79. The predicted molar refractivity (Wildman–Crippen MR) is 115 cm³/mol. The second kappa shape index (κ2) is 8.95. The SMILES string of the molecule is Cc1ccc(CN2CC(C(=O)NCCc3ccn(-c4ccccc4)n3)CC2=O)cc1. The number of hydrogen-bond donors (Lipinski definition) is 1. The second-order valence-corrected chi connectivity index (χ2v) is 7.79. The van der Waals surface area contributed by atoms with Crippen LogP contribution in [0.25, 0.3) is 5.69 Å². The van der Waals surface area contributed by atoms with E-state index in [2.05, 4.69) is 10.4 Å². The third-order valence-corrected chi connectivity index (χ3v) is 5.42. The number of nitrogens with one attached hydrogen (secondary N) is 1. The van der Waals surface area contributed by atoms with Crippen molar-refractivity contribution >= 4 is 11.8 Å². The van der Waals surface area contributed by atoms with Gasteiger partial charge >= 0.3 is 0 Å². The smallest absolute Gasteiger partial charge is 0.225 e. The lowest BCUT2D eigenvalue weighted by Gasteiger charge is -2.17. The lowest BCUT2D eigenvalue weighted by molar-refractivity contribution is -0.129. The monoisotopic (exact) mass is 402 g/mol. The third-order valence-electron chi connectivity index (χ3n) is 5.42. The van der Waals surface area contributed by atoms with Crippen molar-refractivity contribution < 1.29 is 9.59 Å². The quantitative estimate of drug-likeness (QED) is 0.661. The molecule has 2 amide bonds. The number of amides is 2. The Balaban J connectivity index is 1.25. The van der Waals surface area contributed by atoms with E-state index in [-0.39, 0.29) is 24.2 Å². The van der Waals surface area contributed by atoms with Gasteiger partial charge in [0.1, 0.15) is 0 Å². The van der Waals surface area contributed by atoms with Crippen LogP contribution in [0.2, 0.25) is 0 Å². The van der Waals surface area contributed by atoms with E-state index >= 15 is 0 Å². The molecule has 4 rings (SSSR count). The fourth-order valence-corrected chi connectivity index (χ4v) is 3.69. The molecular formula is C24H26N4O2. The Kier molecular flexibility index (Phi) is 5.93. The van der Waals surface area contributed by atoms with Crippen LogP contribution < -0.4 is 5.32 Å². The molecule has 0 aliphatic carbocycles. The molecule has 1 fully saturated rings. The summed E-state index contributed by atoms with van der Waals surface area (Å²) in [5.41, 5.74) is 4.20. The molecule has 154 valence electrons. The van der Waals surface area contributed by atoms with Gasteiger partial charge in [-0.3, -0.25) is 9.59 Å². The van der Waals surface area contributed by atoms with E-state index in [0.29, 0.717) is 26.1 Å². The zero-order valence-electron chi connectivity index (χ0n) is 17.1. The highest BCUT2D eigenvalue weighted by Gasteiger charge is 2.34. The molecule has 1 unspecified atom stereocenters. The number of benzene rings is 2.